The molecule has 0 aromatic heterocycles. The van der Waals surface area contributed by atoms with Crippen LogP contribution in [0.2, 0.25) is 0 Å². The van der Waals surface area contributed by atoms with Crippen LogP contribution < -0.4 is 10.6 Å². The number of carbonyl (C=O) groups excluding carboxylic acids is 2. The van der Waals surface area contributed by atoms with Gasteiger partial charge in [-0.1, -0.05) is 36.4 Å². The smallest absolute Gasteiger partial charge is 0.200 e. The van der Waals surface area contributed by atoms with Crippen molar-refractivity contribution in [1.82, 2.24) is 0 Å². The Balaban J connectivity index is 1.68. The maximum absolute atomic E-state index is 13.7. The Labute approximate surface area is 196 Å². The molecule has 0 amide bonds. The number of aromatic hydroxyl groups is 2. The summed E-state index contributed by atoms with van der Waals surface area (Å²) in [6, 6.07) is 21.0. The third kappa shape index (κ3) is 3.36. The first-order valence-corrected chi connectivity index (χ1v) is 10.8. The standard InChI is InChI=1S/C28H22N2O4/c1-15-7-3-5-9-17(15)29-19-11-13-21(31)25-23(19)27(33)26-22(32)14-12-20(24(26)28(25)34)30-18-10-6-4-8-16(18)2/h3-14,29-32H,1-2H3. The van der Waals surface area contributed by atoms with Crippen molar-refractivity contribution in [2.24, 2.45) is 0 Å². The van der Waals surface area contributed by atoms with E-state index in [0.717, 1.165) is 22.5 Å². The second kappa shape index (κ2) is 8.08. The van der Waals surface area contributed by atoms with Gasteiger partial charge in [-0.25, -0.2) is 0 Å². The van der Waals surface area contributed by atoms with Gasteiger partial charge in [-0.05, 0) is 61.4 Å². The summed E-state index contributed by atoms with van der Waals surface area (Å²) in [6.45, 7) is 3.85. The van der Waals surface area contributed by atoms with Gasteiger partial charge in [0, 0.05) is 11.4 Å². The monoisotopic (exact) mass is 450 g/mol. The number of ketones is 2. The predicted molar refractivity (Wildman–Crippen MR) is 132 cm³/mol. The first-order valence-electron chi connectivity index (χ1n) is 10.8. The first kappa shape index (κ1) is 21.3. The number of rotatable bonds is 4. The van der Waals surface area contributed by atoms with Gasteiger partial charge in [-0.2, -0.15) is 0 Å². The summed E-state index contributed by atoms with van der Waals surface area (Å²) in [5.41, 5.74) is 4.07. The van der Waals surface area contributed by atoms with Crippen LogP contribution in [0.25, 0.3) is 0 Å². The van der Waals surface area contributed by atoms with E-state index in [1.807, 2.05) is 62.4 Å². The normalized spacial score (nSPS) is 12.2. The van der Waals surface area contributed by atoms with Crippen molar-refractivity contribution in [3.63, 3.8) is 0 Å². The molecule has 0 aliphatic heterocycles. The van der Waals surface area contributed by atoms with Crippen LogP contribution in [0.1, 0.15) is 43.0 Å². The quantitative estimate of drug-likeness (QED) is 0.252. The van der Waals surface area contributed by atoms with Gasteiger partial charge in [0.15, 0.2) is 0 Å². The lowest BCUT2D eigenvalue weighted by Crippen LogP contribution is -2.24. The molecule has 0 unspecified atom stereocenters. The molecular weight excluding hydrogens is 428 g/mol. The molecular formula is C28H22N2O4. The van der Waals surface area contributed by atoms with Crippen molar-refractivity contribution in [3.05, 3.63) is 106 Å². The van der Waals surface area contributed by atoms with Gasteiger partial charge in [0.1, 0.15) is 11.5 Å². The van der Waals surface area contributed by atoms with Gasteiger partial charge < -0.3 is 20.8 Å². The van der Waals surface area contributed by atoms with Crippen LogP contribution in [0.5, 0.6) is 11.5 Å². The minimum atomic E-state index is -0.539. The molecule has 4 N–H and O–H groups in total. The van der Waals surface area contributed by atoms with Gasteiger partial charge in [0.05, 0.1) is 33.6 Å². The van der Waals surface area contributed by atoms with Gasteiger partial charge >= 0.3 is 0 Å². The molecule has 5 rings (SSSR count). The summed E-state index contributed by atoms with van der Waals surface area (Å²) in [5, 5.41) is 27.7. The predicted octanol–water partition coefficient (Wildman–Crippen LogP) is 5.98. The molecule has 1 aliphatic carbocycles. The molecule has 0 atom stereocenters. The second-order valence-corrected chi connectivity index (χ2v) is 8.30. The summed E-state index contributed by atoms with van der Waals surface area (Å²) in [6.07, 6.45) is 0. The lowest BCUT2D eigenvalue weighted by molar-refractivity contribution is 0.0975. The topological polar surface area (TPSA) is 98.7 Å². The summed E-state index contributed by atoms with van der Waals surface area (Å²) in [7, 11) is 0. The fourth-order valence-corrected chi connectivity index (χ4v) is 4.29. The molecule has 168 valence electrons. The number of nitrogens with one attached hydrogen (secondary N) is 2. The zero-order valence-electron chi connectivity index (χ0n) is 18.6. The molecule has 4 aromatic rings. The van der Waals surface area contributed by atoms with Crippen molar-refractivity contribution in [2.75, 3.05) is 10.6 Å². The summed E-state index contributed by atoms with van der Waals surface area (Å²) in [5.74, 6) is -1.66. The molecule has 4 aromatic carbocycles. The number of hydrogen-bond donors (Lipinski definition) is 4. The number of carbonyl (C=O) groups is 2. The van der Waals surface area contributed by atoms with Gasteiger partial charge in [-0.15, -0.1) is 0 Å². The largest absolute Gasteiger partial charge is 0.507 e. The number of fused-ring (bicyclic) bond motifs is 2. The van der Waals surface area contributed by atoms with Crippen LogP contribution in [0, 0.1) is 13.8 Å². The van der Waals surface area contributed by atoms with Crippen LogP contribution in [-0.2, 0) is 0 Å². The van der Waals surface area contributed by atoms with Crippen molar-refractivity contribution in [1.29, 1.82) is 0 Å². The fraction of sp³-hybridized carbons (Fsp3) is 0.0714. The van der Waals surface area contributed by atoms with Crippen LogP contribution >= 0.6 is 0 Å². The van der Waals surface area contributed by atoms with Crippen LogP contribution in [0.4, 0.5) is 22.7 Å². The third-order valence-electron chi connectivity index (χ3n) is 6.10. The van der Waals surface area contributed by atoms with E-state index in [-0.39, 0.29) is 33.8 Å². The van der Waals surface area contributed by atoms with E-state index in [1.165, 1.54) is 12.1 Å². The zero-order valence-corrected chi connectivity index (χ0v) is 18.6. The Morgan fingerprint density at radius 3 is 1.26 bits per heavy atom. The average Bonchev–Trinajstić information content (AvgIpc) is 2.82. The number of benzene rings is 4. The molecule has 0 heterocycles. The minimum Gasteiger partial charge on any atom is -0.507 e. The first-order chi connectivity index (χ1) is 16.4. The highest BCUT2D eigenvalue weighted by atomic mass is 16.3. The van der Waals surface area contributed by atoms with Crippen molar-refractivity contribution in [2.45, 2.75) is 13.8 Å². The SMILES string of the molecule is Cc1ccccc1Nc1ccc(O)c2c1C(=O)c1c(O)ccc(Nc3ccccc3C)c1C2=O. The molecule has 0 fully saturated rings. The number of para-hydroxylation sites is 2. The lowest BCUT2D eigenvalue weighted by atomic mass is 9.81. The zero-order chi connectivity index (χ0) is 24.0. The highest BCUT2D eigenvalue weighted by Crippen LogP contribution is 2.43. The third-order valence-corrected chi connectivity index (χ3v) is 6.10. The van der Waals surface area contributed by atoms with Gasteiger partial charge in [-0.3, -0.25) is 9.59 Å². The molecule has 1 aliphatic rings. The minimum absolute atomic E-state index is 0.0316. The summed E-state index contributed by atoms with van der Waals surface area (Å²) >= 11 is 0. The maximum Gasteiger partial charge on any atom is 0.200 e. The number of hydrogen-bond acceptors (Lipinski definition) is 6. The Hall–Kier alpha value is -4.58. The summed E-state index contributed by atoms with van der Waals surface area (Å²) in [4.78, 5) is 27.4. The highest BCUT2D eigenvalue weighted by molar-refractivity contribution is 6.33. The lowest BCUT2D eigenvalue weighted by Gasteiger charge is -2.25. The molecule has 6 nitrogen and oxygen atoms in total. The van der Waals surface area contributed by atoms with E-state index < -0.39 is 11.6 Å². The number of phenols is 2. The molecule has 0 spiro atoms. The molecule has 0 saturated carbocycles. The average molecular weight is 450 g/mol. The molecule has 0 saturated heterocycles. The van der Waals surface area contributed by atoms with Crippen molar-refractivity contribution < 1.29 is 19.8 Å². The molecule has 6 heteroatoms. The van der Waals surface area contributed by atoms with E-state index in [9.17, 15) is 19.8 Å². The Bertz CT molecular complexity index is 1380. The fourth-order valence-electron chi connectivity index (χ4n) is 4.29. The van der Waals surface area contributed by atoms with E-state index >= 15 is 0 Å². The Morgan fingerprint density at radius 2 is 0.882 bits per heavy atom. The maximum atomic E-state index is 13.7. The Kier molecular flexibility index (Phi) is 5.06. The van der Waals surface area contributed by atoms with Crippen LogP contribution in [-0.4, -0.2) is 21.8 Å². The van der Waals surface area contributed by atoms with E-state index in [0.29, 0.717) is 11.4 Å². The molecule has 0 radical (unpaired) electrons. The van der Waals surface area contributed by atoms with E-state index in [4.69, 9.17) is 0 Å². The Morgan fingerprint density at radius 1 is 0.500 bits per heavy atom. The molecule has 0 bridgehead atoms. The second-order valence-electron chi connectivity index (χ2n) is 8.30. The molecule has 34 heavy (non-hydrogen) atoms. The van der Waals surface area contributed by atoms with Gasteiger partial charge in [0.2, 0.25) is 11.6 Å². The number of anilines is 4. The number of aryl methyl sites for hydroxylation is 2. The van der Waals surface area contributed by atoms with E-state index in [2.05, 4.69) is 10.6 Å². The summed E-state index contributed by atoms with van der Waals surface area (Å²) < 4.78 is 0. The highest BCUT2D eigenvalue weighted by Gasteiger charge is 2.38. The van der Waals surface area contributed by atoms with E-state index in [1.54, 1.807) is 12.1 Å². The van der Waals surface area contributed by atoms with Crippen LogP contribution in [0.3, 0.4) is 0 Å². The van der Waals surface area contributed by atoms with Crippen LogP contribution in [0.15, 0.2) is 72.8 Å². The number of phenolic OH excluding ortho intramolecular Hbond substituents is 2. The van der Waals surface area contributed by atoms with Crippen molar-refractivity contribution >= 4 is 34.3 Å². The van der Waals surface area contributed by atoms with Crippen molar-refractivity contribution in [3.8, 4) is 11.5 Å². The van der Waals surface area contributed by atoms with Gasteiger partial charge in [0.25, 0.3) is 0 Å².